The van der Waals surface area contributed by atoms with E-state index in [2.05, 4.69) is 20.2 Å². The van der Waals surface area contributed by atoms with Crippen LogP contribution < -0.4 is 4.74 Å². The highest BCUT2D eigenvalue weighted by molar-refractivity contribution is 5.80. The lowest BCUT2D eigenvalue weighted by molar-refractivity contribution is -0.137. The highest BCUT2D eigenvalue weighted by Crippen LogP contribution is 2.39. The van der Waals surface area contributed by atoms with Gasteiger partial charge in [0.2, 0.25) is 0 Å². The standard InChI is InChI=1S/C27H24F5N5O2/c1-2-11-38-16-8-9-18(20(12-16)27(30,31)32)22-13-17(39-36-22)5-4-10-37-15-24-23(14-33-37)34-26(35-24)19-6-3-7-21(28)25(19)29/h3,6-9,12-14H,2,4-5,10-11,15H2,1H3,(H,34,35). The van der Waals surface area contributed by atoms with Crippen molar-refractivity contribution in [2.24, 2.45) is 5.10 Å². The maximum Gasteiger partial charge on any atom is 0.417 e. The minimum absolute atomic E-state index is 0.0299. The fourth-order valence-corrected chi connectivity index (χ4v) is 4.24. The van der Waals surface area contributed by atoms with Gasteiger partial charge in [-0.2, -0.15) is 18.3 Å². The van der Waals surface area contributed by atoms with Crippen LogP contribution in [0.1, 0.15) is 42.5 Å². The number of nitrogens with one attached hydrogen (secondary N) is 1. The van der Waals surface area contributed by atoms with Crippen molar-refractivity contribution in [2.45, 2.75) is 38.9 Å². The summed E-state index contributed by atoms with van der Waals surface area (Å²) >= 11 is 0. The van der Waals surface area contributed by atoms with Gasteiger partial charge in [-0.3, -0.25) is 5.01 Å². The van der Waals surface area contributed by atoms with E-state index in [1.807, 2.05) is 6.92 Å². The summed E-state index contributed by atoms with van der Waals surface area (Å²) < 4.78 is 79.6. The first kappa shape index (κ1) is 26.4. The van der Waals surface area contributed by atoms with Crippen LogP contribution in [0.3, 0.4) is 0 Å². The van der Waals surface area contributed by atoms with Crippen LogP contribution in [-0.4, -0.2) is 39.5 Å². The largest absolute Gasteiger partial charge is 0.494 e. The van der Waals surface area contributed by atoms with Crippen LogP contribution in [0.5, 0.6) is 5.75 Å². The van der Waals surface area contributed by atoms with Gasteiger partial charge >= 0.3 is 6.18 Å². The monoisotopic (exact) mass is 545 g/mol. The summed E-state index contributed by atoms with van der Waals surface area (Å²) in [4.78, 5) is 7.36. The number of hydrogen-bond acceptors (Lipinski definition) is 6. The zero-order chi connectivity index (χ0) is 27.6. The van der Waals surface area contributed by atoms with Crippen LogP contribution in [0.4, 0.5) is 22.0 Å². The molecule has 0 fully saturated rings. The van der Waals surface area contributed by atoms with Gasteiger partial charge in [0.15, 0.2) is 11.6 Å². The second-order valence-electron chi connectivity index (χ2n) is 9.02. The SMILES string of the molecule is CCCOc1ccc(-c2cc(CCCN3Cc4nc(-c5cccc(F)c5F)[nH]c4C=N3)on2)c(C(F)(F)F)c1. The van der Waals surface area contributed by atoms with E-state index < -0.39 is 23.4 Å². The number of H-pyrrole nitrogens is 1. The van der Waals surface area contributed by atoms with Crippen molar-refractivity contribution in [3.63, 3.8) is 0 Å². The molecule has 5 rings (SSSR count). The summed E-state index contributed by atoms with van der Waals surface area (Å²) in [6, 6.07) is 9.19. The van der Waals surface area contributed by atoms with E-state index in [9.17, 15) is 22.0 Å². The normalized spacial score (nSPS) is 13.1. The molecule has 4 aromatic rings. The van der Waals surface area contributed by atoms with Gasteiger partial charge in [-0.1, -0.05) is 18.1 Å². The molecular weight excluding hydrogens is 521 g/mol. The fourth-order valence-electron chi connectivity index (χ4n) is 4.24. The van der Waals surface area contributed by atoms with Crippen LogP contribution >= 0.6 is 0 Å². The van der Waals surface area contributed by atoms with Gasteiger partial charge in [-0.15, -0.1) is 0 Å². The summed E-state index contributed by atoms with van der Waals surface area (Å²) in [5.74, 6) is -1.14. The molecule has 2 aromatic carbocycles. The van der Waals surface area contributed by atoms with E-state index in [-0.39, 0.29) is 28.4 Å². The molecule has 0 bridgehead atoms. The molecule has 0 amide bonds. The molecule has 12 heteroatoms. The highest BCUT2D eigenvalue weighted by atomic mass is 19.4. The Hall–Kier alpha value is -4.22. The molecule has 0 radical (unpaired) electrons. The van der Waals surface area contributed by atoms with Crippen LogP contribution in [0.15, 0.2) is 52.1 Å². The molecule has 2 aromatic heterocycles. The molecule has 39 heavy (non-hydrogen) atoms. The predicted molar refractivity (Wildman–Crippen MR) is 133 cm³/mol. The second kappa shape index (κ2) is 10.9. The zero-order valence-electron chi connectivity index (χ0n) is 20.9. The Morgan fingerprint density at radius 3 is 2.74 bits per heavy atom. The Bertz CT molecular complexity index is 1490. The van der Waals surface area contributed by atoms with E-state index in [0.717, 1.165) is 12.1 Å². The van der Waals surface area contributed by atoms with Gasteiger partial charge in [0, 0.05) is 24.6 Å². The quantitative estimate of drug-likeness (QED) is 0.240. The second-order valence-corrected chi connectivity index (χ2v) is 9.02. The molecule has 1 N–H and O–H groups in total. The van der Waals surface area contributed by atoms with E-state index in [1.54, 1.807) is 11.2 Å². The number of halogens is 5. The number of aryl methyl sites for hydroxylation is 1. The van der Waals surface area contributed by atoms with Crippen LogP contribution in [0.2, 0.25) is 0 Å². The number of ether oxygens (including phenoxy) is 1. The molecule has 0 atom stereocenters. The van der Waals surface area contributed by atoms with Crippen molar-refractivity contribution in [2.75, 3.05) is 13.2 Å². The number of nitrogens with zero attached hydrogens (tertiary/aromatic N) is 4. The predicted octanol–water partition coefficient (Wildman–Crippen LogP) is 6.60. The molecule has 1 aliphatic rings. The number of aromatic nitrogens is 3. The first-order valence-electron chi connectivity index (χ1n) is 12.3. The first-order valence-corrected chi connectivity index (χ1v) is 12.3. The summed E-state index contributed by atoms with van der Waals surface area (Å²) in [6.07, 6.45) is -1.35. The zero-order valence-corrected chi connectivity index (χ0v) is 20.9. The van der Waals surface area contributed by atoms with Gasteiger partial charge < -0.3 is 14.2 Å². The third-order valence-corrected chi connectivity index (χ3v) is 6.14. The molecule has 1 aliphatic heterocycles. The summed E-state index contributed by atoms with van der Waals surface area (Å²) in [5, 5.41) is 9.97. The average Bonchev–Trinajstić information content (AvgIpc) is 3.55. The van der Waals surface area contributed by atoms with Crippen LogP contribution in [-0.2, 0) is 19.1 Å². The lowest BCUT2D eigenvalue weighted by Crippen LogP contribution is -2.23. The third-order valence-electron chi connectivity index (χ3n) is 6.14. The number of hydrogen-bond donors (Lipinski definition) is 1. The summed E-state index contributed by atoms with van der Waals surface area (Å²) in [7, 11) is 0. The topological polar surface area (TPSA) is 79.5 Å². The van der Waals surface area contributed by atoms with Gasteiger partial charge in [-0.05, 0) is 43.2 Å². The van der Waals surface area contributed by atoms with Gasteiger partial charge in [0.1, 0.15) is 23.0 Å². The third kappa shape index (κ3) is 5.79. The van der Waals surface area contributed by atoms with E-state index >= 15 is 0 Å². The highest BCUT2D eigenvalue weighted by Gasteiger charge is 2.35. The average molecular weight is 546 g/mol. The maximum atomic E-state index is 14.2. The van der Waals surface area contributed by atoms with Crippen molar-refractivity contribution in [1.29, 1.82) is 0 Å². The van der Waals surface area contributed by atoms with Crippen LogP contribution in [0, 0.1) is 11.6 Å². The lowest BCUT2D eigenvalue weighted by Gasteiger charge is -2.20. The molecule has 7 nitrogen and oxygen atoms in total. The van der Waals surface area contributed by atoms with Crippen molar-refractivity contribution < 1.29 is 31.2 Å². The van der Waals surface area contributed by atoms with Crippen molar-refractivity contribution >= 4 is 6.21 Å². The molecule has 204 valence electrons. The number of fused-ring (bicyclic) bond motifs is 1. The molecular formula is C27H24F5N5O2. The number of aromatic amines is 1. The van der Waals surface area contributed by atoms with Crippen molar-refractivity contribution in [3.05, 3.63) is 76.8 Å². The number of rotatable bonds is 9. The Morgan fingerprint density at radius 1 is 1.10 bits per heavy atom. The van der Waals surface area contributed by atoms with E-state index in [4.69, 9.17) is 9.26 Å². The Labute approximate surface area is 220 Å². The van der Waals surface area contributed by atoms with Crippen molar-refractivity contribution in [3.8, 4) is 28.4 Å². The summed E-state index contributed by atoms with van der Waals surface area (Å²) in [6.45, 7) is 3.04. The smallest absolute Gasteiger partial charge is 0.417 e. The molecule has 0 aliphatic carbocycles. The molecule has 0 spiro atoms. The molecule has 3 heterocycles. The Kier molecular flexibility index (Phi) is 7.36. The maximum absolute atomic E-state index is 14.2. The van der Waals surface area contributed by atoms with Gasteiger partial charge in [-0.25, -0.2) is 13.8 Å². The van der Waals surface area contributed by atoms with Gasteiger partial charge in [0.05, 0.1) is 41.9 Å². The van der Waals surface area contributed by atoms with Gasteiger partial charge in [0.25, 0.3) is 0 Å². The molecule has 0 unspecified atom stereocenters. The number of benzene rings is 2. The fraction of sp³-hybridized carbons (Fsp3) is 0.296. The minimum atomic E-state index is -4.59. The van der Waals surface area contributed by atoms with E-state index in [1.165, 1.54) is 30.3 Å². The summed E-state index contributed by atoms with van der Waals surface area (Å²) in [5.41, 5.74) is 0.438. The Morgan fingerprint density at radius 2 is 1.95 bits per heavy atom. The lowest BCUT2D eigenvalue weighted by atomic mass is 10.0. The Balaban J connectivity index is 1.21. The number of hydrazone groups is 1. The number of alkyl halides is 3. The minimum Gasteiger partial charge on any atom is -0.494 e. The van der Waals surface area contributed by atoms with Crippen LogP contribution in [0.25, 0.3) is 22.6 Å². The molecule has 0 saturated carbocycles. The number of imidazole rings is 1. The first-order chi connectivity index (χ1) is 18.7. The van der Waals surface area contributed by atoms with E-state index in [0.29, 0.717) is 56.1 Å². The van der Waals surface area contributed by atoms with Crippen molar-refractivity contribution in [1.82, 2.24) is 20.1 Å². The molecule has 0 saturated heterocycles.